The maximum absolute atomic E-state index is 6.85. The number of nitrogens with zero attached hydrogens (tertiary/aromatic N) is 2. The largest absolute Gasteiger partial charge is 0.455 e. The van der Waals surface area contributed by atoms with Crippen molar-refractivity contribution in [3.63, 3.8) is 0 Å². The van der Waals surface area contributed by atoms with E-state index in [0.717, 1.165) is 77.5 Å². The van der Waals surface area contributed by atoms with Gasteiger partial charge in [-0.2, -0.15) is 12.6 Å². The van der Waals surface area contributed by atoms with Crippen molar-refractivity contribution in [1.29, 1.82) is 0 Å². The molecule has 13 rings (SSSR count). The Morgan fingerprint density at radius 2 is 0.717 bits per heavy atom. The molecule has 0 unspecified atom stereocenters. The van der Waals surface area contributed by atoms with Crippen molar-refractivity contribution < 1.29 is 8.83 Å². The lowest BCUT2D eigenvalue weighted by atomic mass is 9.92. The highest BCUT2D eigenvalue weighted by Gasteiger charge is 2.22. The van der Waals surface area contributed by atoms with Crippen molar-refractivity contribution in [1.82, 2.24) is 9.13 Å². The quantitative estimate of drug-likeness (QED) is 0.180. The van der Waals surface area contributed by atoms with Crippen molar-refractivity contribution >= 4 is 100 Å². The molecule has 0 saturated carbocycles. The van der Waals surface area contributed by atoms with E-state index in [1.54, 1.807) is 6.26 Å². The van der Waals surface area contributed by atoms with E-state index in [2.05, 4.69) is 210 Å². The molecule has 0 spiro atoms. The van der Waals surface area contributed by atoms with Crippen LogP contribution in [0.2, 0.25) is 0 Å². The van der Waals surface area contributed by atoms with E-state index in [1.165, 1.54) is 43.6 Å². The highest BCUT2D eigenvalue weighted by atomic mass is 32.1. The van der Waals surface area contributed by atoms with Crippen LogP contribution in [0.5, 0.6) is 0 Å². The third-order valence-corrected chi connectivity index (χ3v) is 12.1. The van der Waals surface area contributed by atoms with Crippen LogP contribution in [-0.4, -0.2) is 15.4 Å². The zero-order valence-corrected chi connectivity index (χ0v) is 33.5. The van der Waals surface area contributed by atoms with Crippen LogP contribution in [0.1, 0.15) is 0 Å². The Labute approximate surface area is 350 Å². The summed E-state index contributed by atoms with van der Waals surface area (Å²) in [7, 11) is 0. The van der Waals surface area contributed by atoms with E-state index >= 15 is 0 Å². The molecule has 0 fully saturated rings. The van der Waals surface area contributed by atoms with Gasteiger partial charge in [0.2, 0.25) is 0 Å². The second-order valence-electron chi connectivity index (χ2n) is 15.2. The number of fused-ring (bicyclic) bond motifs is 12. The first-order valence-corrected chi connectivity index (χ1v) is 21.1. The first-order chi connectivity index (χ1) is 29.8. The molecular formula is C55H36N2O2S. The molecule has 4 nitrogen and oxygen atoms in total. The van der Waals surface area contributed by atoms with E-state index in [-0.39, 0.29) is 0 Å². The molecule has 9 aromatic carbocycles. The third kappa shape index (κ3) is 5.00. The molecule has 4 heterocycles. The Balaban J connectivity index is 0.00000191. The van der Waals surface area contributed by atoms with Crippen LogP contribution >= 0.6 is 12.6 Å². The molecule has 0 N–H and O–H groups in total. The van der Waals surface area contributed by atoms with Crippen molar-refractivity contribution in [2.24, 2.45) is 0 Å². The number of thiol groups is 1. The average molecular weight is 789 g/mol. The number of rotatable bonds is 4. The summed E-state index contributed by atoms with van der Waals surface area (Å²) in [6, 6.07) is 69.4. The first kappa shape index (κ1) is 34.6. The zero-order chi connectivity index (χ0) is 39.9. The van der Waals surface area contributed by atoms with Crippen molar-refractivity contribution in [3.8, 4) is 33.6 Å². The predicted molar refractivity (Wildman–Crippen MR) is 255 cm³/mol. The summed E-state index contributed by atoms with van der Waals surface area (Å²) >= 11 is 3.53. The molecule has 0 amide bonds. The summed E-state index contributed by atoms with van der Waals surface area (Å²) in [5.74, 6) is 0. The van der Waals surface area contributed by atoms with Crippen LogP contribution < -0.4 is 0 Å². The van der Waals surface area contributed by atoms with E-state index in [0.29, 0.717) is 0 Å². The minimum absolute atomic E-state index is 0.859. The Morgan fingerprint density at radius 3 is 1.32 bits per heavy atom. The standard InChI is InChI=1S/C54H32N2O2.CH4S/c1-2-15-36(45-31-34(32-46-41-20-7-12-27-51(41)57-54(45)46)56-49-25-10-5-18-39(49)40-19-6-11-26-50(40)56)35(14-1)42-21-13-22-43-44-30-33(28-29-52(44)58-53(42)43)55-47-23-8-3-16-37(47)38-17-4-9-24-48(38)55;1-2/h1-32H;2H,1H3. The lowest BCUT2D eigenvalue weighted by molar-refractivity contribution is 0.669. The fourth-order valence-electron chi connectivity index (χ4n) is 9.63. The summed E-state index contributed by atoms with van der Waals surface area (Å²) < 4.78 is 18.4. The Hall–Kier alpha value is -7.47. The predicted octanol–water partition coefficient (Wildman–Crippen LogP) is 15.6. The summed E-state index contributed by atoms with van der Waals surface area (Å²) in [6.45, 7) is 0. The van der Waals surface area contributed by atoms with Crippen molar-refractivity contribution in [3.05, 3.63) is 194 Å². The number of benzene rings is 9. The fourth-order valence-corrected chi connectivity index (χ4v) is 9.63. The molecule has 0 atom stereocenters. The molecule has 284 valence electrons. The summed E-state index contributed by atoms with van der Waals surface area (Å²) in [5.41, 5.74) is 14.6. The van der Waals surface area contributed by atoms with Gasteiger partial charge in [0.1, 0.15) is 22.3 Å². The maximum atomic E-state index is 6.85. The number of hydrogen-bond donors (Lipinski definition) is 1. The second-order valence-corrected chi connectivity index (χ2v) is 15.2. The number of hydrogen-bond acceptors (Lipinski definition) is 3. The van der Waals surface area contributed by atoms with Gasteiger partial charge in [-0.15, -0.1) is 0 Å². The molecule has 4 aromatic heterocycles. The molecular weight excluding hydrogens is 753 g/mol. The SMILES string of the molecule is CS.c1ccc(-c2cc(-n3c4ccccc4c4ccccc43)cc3c2oc2ccccc23)c(-c2cccc3c2oc2ccc(-n4c5ccccc5c5ccccc54)cc23)c1. The zero-order valence-electron chi connectivity index (χ0n) is 32.6. The summed E-state index contributed by atoms with van der Waals surface area (Å²) in [6.07, 6.45) is 1.69. The topological polar surface area (TPSA) is 36.1 Å². The number of para-hydroxylation sites is 6. The lowest BCUT2D eigenvalue weighted by Crippen LogP contribution is -1.95. The van der Waals surface area contributed by atoms with Gasteiger partial charge in [-0.1, -0.05) is 133 Å². The van der Waals surface area contributed by atoms with Crippen LogP contribution in [-0.2, 0) is 0 Å². The maximum Gasteiger partial charge on any atom is 0.143 e. The van der Waals surface area contributed by atoms with Gasteiger partial charge < -0.3 is 18.0 Å². The first-order valence-electron chi connectivity index (χ1n) is 20.2. The Kier molecular flexibility index (Phi) is 7.81. The van der Waals surface area contributed by atoms with Crippen LogP contribution in [0, 0.1) is 0 Å². The second kappa shape index (κ2) is 13.6. The lowest BCUT2D eigenvalue weighted by Gasteiger charge is -2.14. The summed E-state index contributed by atoms with van der Waals surface area (Å²) in [4.78, 5) is 0. The summed E-state index contributed by atoms with van der Waals surface area (Å²) in [5, 5.41) is 9.30. The van der Waals surface area contributed by atoms with Crippen molar-refractivity contribution in [2.75, 3.05) is 6.26 Å². The number of aromatic nitrogens is 2. The van der Waals surface area contributed by atoms with Crippen molar-refractivity contribution in [2.45, 2.75) is 0 Å². The van der Waals surface area contributed by atoms with Gasteiger partial charge in [-0.25, -0.2) is 0 Å². The highest BCUT2D eigenvalue weighted by Crippen LogP contribution is 2.45. The minimum atomic E-state index is 0.859. The highest BCUT2D eigenvalue weighted by molar-refractivity contribution is 7.79. The normalized spacial score (nSPS) is 11.8. The van der Waals surface area contributed by atoms with E-state index in [1.807, 2.05) is 6.07 Å². The molecule has 0 radical (unpaired) electrons. The number of furan rings is 2. The molecule has 0 bridgehead atoms. The van der Waals surface area contributed by atoms with Crippen LogP contribution in [0.15, 0.2) is 203 Å². The van der Waals surface area contributed by atoms with Gasteiger partial charge >= 0.3 is 0 Å². The Bertz CT molecular complexity index is 3720. The monoisotopic (exact) mass is 788 g/mol. The van der Waals surface area contributed by atoms with Crippen LogP contribution in [0.4, 0.5) is 0 Å². The smallest absolute Gasteiger partial charge is 0.143 e. The van der Waals surface area contributed by atoms with Gasteiger partial charge in [0, 0.05) is 65.6 Å². The van der Waals surface area contributed by atoms with E-state index < -0.39 is 0 Å². The van der Waals surface area contributed by atoms with Crippen LogP contribution in [0.25, 0.3) is 121 Å². The molecule has 0 aliphatic carbocycles. The van der Waals surface area contributed by atoms with Gasteiger partial charge in [0.15, 0.2) is 0 Å². The average Bonchev–Trinajstić information content (AvgIpc) is 4.07. The molecule has 0 aliphatic rings. The minimum Gasteiger partial charge on any atom is -0.455 e. The fraction of sp³-hybridized carbons (Fsp3) is 0.0182. The van der Waals surface area contributed by atoms with Gasteiger partial charge in [0.25, 0.3) is 0 Å². The van der Waals surface area contributed by atoms with E-state index in [4.69, 9.17) is 8.83 Å². The third-order valence-electron chi connectivity index (χ3n) is 12.1. The molecule has 5 heteroatoms. The van der Waals surface area contributed by atoms with Crippen LogP contribution in [0.3, 0.4) is 0 Å². The molecule has 60 heavy (non-hydrogen) atoms. The molecule has 0 aliphatic heterocycles. The molecule has 0 saturated heterocycles. The van der Waals surface area contributed by atoms with Gasteiger partial charge in [-0.3, -0.25) is 0 Å². The molecule has 13 aromatic rings. The van der Waals surface area contributed by atoms with Gasteiger partial charge in [0.05, 0.1) is 22.1 Å². The van der Waals surface area contributed by atoms with Gasteiger partial charge in [-0.05, 0) is 78.0 Å². The van der Waals surface area contributed by atoms with E-state index in [9.17, 15) is 0 Å². The Morgan fingerprint density at radius 1 is 0.300 bits per heavy atom.